The summed E-state index contributed by atoms with van der Waals surface area (Å²) in [6, 6.07) is 11.1. The van der Waals surface area contributed by atoms with E-state index in [1.807, 2.05) is 6.92 Å². The quantitative estimate of drug-likeness (QED) is 0.308. The minimum absolute atomic E-state index is 0.0357. The average Bonchev–Trinajstić information content (AvgIpc) is 3.16. The maximum atomic E-state index is 13.3. The van der Waals surface area contributed by atoms with E-state index in [0.29, 0.717) is 60.6 Å². The summed E-state index contributed by atoms with van der Waals surface area (Å²) in [7, 11) is 1.54. The zero-order valence-corrected chi connectivity index (χ0v) is 21.3. The van der Waals surface area contributed by atoms with Crippen LogP contribution in [0.2, 0.25) is 5.02 Å². The molecule has 2 aromatic rings. The number of carbonyl (C=O) groups excluding carboxylic acids is 2. The third-order valence-electron chi connectivity index (χ3n) is 6.38. The van der Waals surface area contributed by atoms with Crippen LogP contribution in [0.15, 0.2) is 48.0 Å². The number of amides is 1. The molecule has 0 saturated carbocycles. The van der Waals surface area contributed by atoms with E-state index in [4.69, 9.17) is 25.8 Å². The van der Waals surface area contributed by atoms with Crippen molar-refractivity contribution in [1.29, 1.82) is 0 Å². The first-order valence-electron chi connectivity index (χ1n) is 12.1. The molecule has 36 heavy (non-hydrogen) atoms. The maximum Gasteiger partial charge on any atom is 0.295 e. The van der Waals surface area contributed by atoms with Gasteiger partial charge in [0.25, 0.3) is 11.7 Å². The zero-order valence-electron chi connectivity index (χ0n) is 20.5. The van der Waals surface area contributed by atoms with Crippen LogP contribution >= 0.6 is 11.6 Å². The number of ether oxygens (including phenoxy) is 3. The van der Waals surface area contributed by atoms with Crippen molar-refractivity contribution in [2.24, 2.45) is 0 Å². The van der Waals surface area contributed by atoms with Gasteiger partial charge < -0.3 is 24.2 Å². The number of morpholine rings is 1. The Labute approximate surface area is 216 Å². The molecule has 192 valence electrons. The van der Waals surface area contributed by atoms with Crippen molar-refractivity contribution in [3.8, 4) is 11.5 Å². The van der Waals surface area contributed by atoms with Crippen LogP contribution in [0, 0.1) is 0 Å². The standard InChI is InChI=1S/C27H31ClN2O6/c1-3-14-36-21-9-6-19(17-22(21)34-2)24-23(25(31)18-4-7-20(28)8-5-18)26(32)27(33)30(24)11-10-29-12-15-35-16-13-29/h4-9,17,24,31H,3,10-16H2,1-2H3/t24-/m0/s1. The van der Waals surface area contributed by atoms with Crippen molar-refractivity contribution < 1.29 is 28.9 Å². The van der Waals surface area contributed by atoms with Crippen LogP contribution in [0.25, 0.3) is 5.76 Å². The van der Waals surface area contributed by atoms with Crippen LogP contribution in [-0.4, -0.2) is 79.7 Å². The number of likely N-dealkylation sites (tertiary alicyclic amines) is 1. The molecule has 1 amide bonds. The Kier molecular flexibility index (Phi) is 8.51. The van der Waals surface area contributed by atoms with E-state index in [1.165, 1.54) is 4.90 Å². The van der Waals surface area contributed by atoms with E-state index in [0.717, 1.165) is 19.5 Å². The van der Waals surface area contributed by atoms with Crippen LogP contribution in [0.1, 0.15) is 30.5 Å². The van der Waals surface area contributed by atoms with Crippen LogP contribution in [0.3, 0.4) is 0 Å². The lowest BCUT2D eigenvalue weighted by Gasteiger charge is -2.31. The number of benzene rings is 2. The summed E-state index contributed by atoms with van der Waals surface area (Å²) in [5.41, 5.74) is 1.09. The first-order chi connectivity index (χ1) is 17.4. The SMILES string of the molecule is CCCOc1ccc([C@H]2C(=C(O)c3ccc(Cl)cc3)C(=O)C(=O)N2CCN2CCOCC2)cc1OC. The highest BCUT2D eigenvalue weighted by Crippen LogP contribution is 2.42. The maximum absolute atomic E-state index is 13.3. The zero-order chi connectivity index (χ0) is 25.7. The van der Waals surface area contributed by atoms with Crippen LogP contribution in [-0.2, 0) is 14.3 Å². The third kappa shape index (κ3) is 5.51. The van der Waals surface area contributed by atoms with Crippen molar-refractivity contribution in [2.75, 3.05) is 53.1 Å². The number of nitrogens with zero attached hydrogens (tertiary/aromatic N) is 2. The first kappa shape index (κ1) is 26.0. The van der Waals surface area contributed by atoms with Crippen molar-refractivity contribution >= 4 is 29.1 Å². The van der Waals surface area contributed by atoms with Crippen molar-refractivity contribution in [1.82, 2.24) is 9.80 Å². The molecule has 1 N–H and O–H groups in total. The number of aliphatic hydroxyl groups excluding tert-OH is 1. The second-order valence-corrected chi connectivity index (χ2v) is 9.15. The fourth-order valence-electron chi connectivity index (χ4n) is 4.48. The fourth-order valence-corrected chi connectivity index (χ4v) is 4.61. The molecule has 1 atom stereocenters. The molecule has 2 aliphatic rings. The van der Waals surface area contributed by atoms with E-state index in [1.54, 1.807) is 49.6 Å². The van der Waals surface area contributed by atoms with Gasteiger partial charge in [-0.05, 0) is 48.4 Å². The molecule has 0 aliphatic carbocycles. The highest BCUT2D eigenvalue weighted by molar-refractivity contribution is 6.46. The Morgan fingerprint density at radius 2 is 1.81 bits per heavy atom. The average molecular weight is 515 g/mol. The molecular weight excluding hydrogens is 484 g/mol. The topological polar surface area (TPSA) is 88.5 Å². The summed E-state index contributed by atoms with van der Waals surface area (Å²) in [6.45, 7) is 6.24. The highest BCUT2D eigenvalue weighted by atomic mass is 35.5. The number of rotatable bonds is 9. The third-order valence-corrected chi connectivity index (χ3v) is 6.64. The Morgan fingerprint density at radius 1 is 1.08 bits per heavy atom. The Balaban J connectivity index is 1.75. The number of methoxy groups -OCH3 is 1. The summed E-state index contributed by atoms with van der Waals surface area (Å²) < 4.78 is 16.8. The van der Waals surface area contributed by atoms with Gasteiger partial charge in [0.05, 0.1) is 38.5 Å². The van der Waals surface area contributed by atoms with E-state index in [9.17, 15) is 14.7 Å². The van der Waals surface area contributed by atoms with Gasteiger partial charge >= 0.3 is 0 Å². The fraction of sp³-hybridized carbons (Fsp3) is 0.407. The summed E-state index contributed by atoms with van der Waals surface area (Å²) in [5.74, 6) is -0.541. The van der Waals surface area contributed by atoms with E-state index in [2.05, 4.69) is 4.90 Å². The van der Waals surface area contributed by atoms with Gasteiger partial charge in [-0.25, -0.2) is 0 Å². The molecule has 2 fully saturated rings. The number of Topliss-reactive ketones (excluding diaryl/α,β-unsaturated/α-hetero) is 1. The minimum atomic E-state index is -0.782. The van der Waals surface area contributed by atoms with Gasteiger partial charge in [0, 0.05) is 36.8 Å². The van der Waals surface area contributed by atoms with Gasteiger partial charge in [0.15, 0.2) is 11.5 Å². The number of hydrogen-bond donors (Lipinski definition) is 1. The predicted octanol–water partition coefficient (Wildman–Crippen LogP) is 3.89. The molecule has 2 heterocycles. The molecule has 9 heteroatoms. The molecule has 0 bridgehead atoms. The second kappa shape index (κ2) is 11.8. The highest BCUT2D eigenvalue weighted by Gasteiger charge is 2.46. The lowest BCUT2D eigenvalue weighted by Crippen LogP contribution is -2.42. The molecule has 8 nitrogen and oxygen atoms in total. The Hall–Kier alpha value is -3.07. The van der Waals surface area contributed by atoms with Crippen molar-refractivity contribution in [2.45, 2.75) is 19.4 Å². The first-order valence-corrected chi connectivity index (χ1v) is 12.5. The number of aliphatic hydroxyl groups is 1. The van der Waals surface area contributed by atoms with Crippen LogP contribution in [0.5, 0.6) is 11.5 Å². The largest absolute Gasteiger partial charge is 0.507 e. The van der Waals surface area contributed by atoms with Gasteiger partial charge in [-0.15, -0.1) is 0 Å². The molecule has 0 aromatic heterocycles. The molecule has 4 rings (SSSR count). The van der Waals surface area contributed by atoms with Gasteiger partial charge in [0.2, 0.25) is 0 Å². The van der Waals surface area contributed by atoms with Gasteiger partial charge in [-0.3, -0.25) is 14.5 Å². The summed E-state index contributed by atoms with van der Waals surface area (Å²) in [5, 5.41) is 11.7. The van der Waals surface area contributed by atoms with Gasteiger partial charge in [-0.1, -0.05) is 24.6 Å². The van der Waals surface area contributed by atoms with Gasteiger partial charge in [0.1, 0.15) is 5.76 Å². The number of ketones is 1. The lowest BCUT2D eigenvalue weighted by atomic mass is 9.95. The molecule has 0 radical (unpaired) electrons. The van der Waals surface area contributed by atoms with Crippen molar-refractivity contribution in [3.05, 3.63) is 64.2 Å². The number of hydrogen-bond acceptors (Lipinski definition) is 7. The molecule has 0 spiro atoms. The molecule has 2 aromatic carbocycles. The van der Waals surface area contributed by atoms with Crippen LogP contribution < -0.4 is 9.47 Å². The Morgan fingerprint density at radius 3 is 2.47 bits per heavy atom. The summed E-state index contributed by atoms with van der Waals surface area (Å²) in [4.78, 5) is 30.2. The monoisotopic (exact) mass is 514 g/mol. The lowest BCUT2D eigenvalue weighted by molar-refractivity contribution is -0.140. The normalized spacial score (nSPS) is 20.1. The van der Waals surface area contributed by atoms with E-state index in [-0.39, 0.29) is 11.3 Å². The van der Waals surface area contributed by atoms with Crippen molar-refractivity contribution in [3.63, 3.8) is 0 Å². The molecular formula is C27H31ClN2O6. The number of halogens is 1. The molecule has 0 unspecified atom stereocenters. The summed E-state index contributed by atoms with van der Waals surface area (Å²) in [6.07, 6.45) is 0.841. The summed E-state index contributed by atoms with van der Waals surface area (Å²) >= 11 is 6.01. The smallest absolute Gasteiger partial charge is 0.295 e. The second-order valence-electron chi connectivity index (χ2n) is 8.71. The molecule has 2 aliphatic heterocycles. The predicted molar refractivity (Wildman–Crippen MR) is 137 cm³/mol. The molecule has 2 saturated heterocycles. The van der Waals surface area contributed by atoms with E-state index < -0.39 is 17.7 Å². The van der Waals surface area contributed by atoms with Gasteiger partial charge in [-0.2, -0.15) is 0 Å². The number of carbonyl (C=O) groups is 2. The minimum Gasteiger partial charge on any atom is -0.507 e. The Bertz CT molecular complexity index is 1130. The van der Waals surface area contributed by atoms with Crippen LogP contribution in [0.4, 0.5) is 0 Å². The van der Waals surface area contributed by atoms with E-state index >= 15 is 0 Å².